The Hall–Kier alpha value is -3.77. The third kappa shape index (κ3) is 5.89. The molecule has 164 valence electrons. The van der Waals surface area contributed by atoms with E-state index >= 15 is 0 Å². The van der Waals surface area contributed by atoms with E-state index in [1.54, 1.807) is 49.6 Å². The average molecular weight is 452 g/mol. The molecule has 1 N–H and O–H groups in total. The molecule has 6 nitrogen and oxygen atoms in total. The number of anilines is 1. The zero-order chi connectivity index (χ0) is 22.9. The van der Waals surface area contributed by atoms with E-state index in [0.29, 0.717) is 38.9 Å². The lowest BCUT2D eigenvalue weighted by atomic mass is 10.0. The van der Waals surface area contributed by atoms with Crippen LogP contribution in [0.4, 0.5) is 5.69 Å². The molecule has 0 aliphatic rings. The molecular formula is C25H22ClNO5. The fraction of sp³-hybridized carbons (Fsp3) is 0.120. The predicted octanol–water partition coefficient (Wildman–Crippen LogP) is 5.08. The van der Waals surface area contributed by atoms with Crippen LogP contribution in [0.1, 0.15) is 11.1 Å². The van der Waals surface area contributed by atoms with Gasteiger partial charge in [0.05, 0.1) is 25.5 Å². The van der Waals surface area contributed by atoms with Crippen LogP contribution in [0, 0.1) is 0 Å². The summed E-state index contributed by atoms with van der Waals surface area (Å²) in [5.41, 5.74) is 2.04. The highest BCUT2D eigenvalue weighted by Gasteiger charge is 2.17. The van der Waals surface area contributed by atoms with Gasteiger partial charge in [0.25, 0.3) is 5.91 Å². The number of halogens is 1. The molecule has 7 heteroatoms. The molecule has 0 heterocycles. The van der Waals surface area contributed by atoms with Crippen LogP contribution in [-0.2, 0) is 14.3 Å². The van der Waals surface area contributed by atoms with Crippen molar-refractivity contribution in [2.24, 2.45) is 0 Å². The van der Waals surface area contributed by atoms with E-state index in [0.717, 1.165) is 0 Å². The summed E-state index contributed by atoms with van der Waals surface area (Å²) in [6.45, 7) is -0.482. The molecule has 0 unspecified atom stereocenters. The van der Waals surface area contributed by atoms with E-state index in [4.69, 9.17) is 25.8 Å². The van der Waals surface area contributed by atoms with Gasteiger partial charge in [0, 0.05) is 10.6 Å². The number of nitrogens with one attached hydrogen (secondary N) is 1. The zero-order valence-corrected chi connectivity index (χ0v) is 18.4. The van der Waals surface area contributed by atoms with Crippen molar-refractivity contribution in [3.63, 3.8) is 0 Å². The van der Waals surface area contributed by atoms with Gasteiger partial charge in [0.2, 0.25) is 0 Å². The largest absolute Gasteiger partial charge is 0.496 e. The minimum atomic E-state index is -0.643. The van der Waals surface area contributed by atoms with Crippen LogP contribution in [-0.4, -0.2) is 32.7 Å². The number of rotatable bonds is 8. The number of ether oxygens (including phenoxy) is 3. The van der Waals surface area contributed by atoms with Gasteiger partial charge in [0.15, 0.2) is 6.61 Å². The van der Waals surface area contributed by atoms with E-state index in [1.165, 1.54) is 7.11 Å². The monoisotopic (exact) mass is 451 g/mol. The molecular weight excluding hydrogens is 430 g/mol. The van der Waals surface area contributed by atoms with Crippen LogP contribution in [0.3, 0.4) is 0 Å². The lowest BCUT2D eigenvalue weighted by Crippen LogP contribution is -2.21. The van der Waals surface area contributed by atoms with Crippen LogP contribution in [0.15, 0.2) is 72.8 Å². The van der Waals surface area contributed by atoms with Gasteiger partial charge in [-0.3, -0.25) is 4.79 Å². The minimum Gasteiger partial charge on any atom is -0.496 e. The normalized spacial score (nSPS) is 10.9. The van der Waals surface area contributed by atoms with Crippen molar-refractivity contribution in [1.29, 1.82) is 0 Å². The molecule has 32 heavy (non-hydrogen) atoms. The predicted molar refractivity (Wildman–Crippen MR) is 125 cm³/mol. The summed E-state index contributed by atoms with van der Waals surface area (Å²) >= 11 is 5.99. The molecule has 0 aliphatic carbocycles. The van der Waals surface area contributed by atoms with Gasteiger partial charge in [0.1, 0.15) is 11.5 Å². The van der Waals surface area contributed by atoms with Crippen molar-refractivity contribution < 1.29 is 23.8 Å². The van der Waals surface area contributed by atoms with Crippen molar-refractivity contribution in [1.82, 2.24) is 0 Å². The van der Waals surface area contributed by atoms with Crippen molar-refractivity contribution in [2.75, 3.05) is 26.1 Å². The van der Waals surface area contributed by atoms with Gasteiger partial charge in [-0.2, -0.15) is 0 Å². The Labute approximate surface area is 191 Å². The van der Waals surface area contributed by atoms with Gasteiger partial charge in [-0.1, -0.05) is 60.1 Å². The molecule has 0 bridgehead atoms. The van der Waals surface area contributed by atoms with E-state index in [2.05, 4.69) is 5.32 Å². The SMILES string of the molecule is COc1ccccc1/C=C(/C(=O)OCC(=O)Nc1cc(Cl)ccc1OC)c1ccccc1. The van der Waals surface area contributed by atoms with Crippen LogP contribution in [0.5, 0.6) is 11.5 Å². The summed E-state index contributed by atoms with van der Waals surface area (Å²) < 4.78 is 15.9. The summed E-state index contributed by atoms with van der Waals surface area (Å²) in [6, 6.07) is 21.2. The summed E-state index contributed by atoms with van der Waals surface area (Å²) in [5, 5.41) is 3.07. The second kappa shape index (κ2) is 11.0. The van der Waals surface area contributed by atoms with Crippen molar-refractivity contribution in [2.45, 2.75) is 0 Å². The first-order chi connectivity index (χ1) is 15.5. The second-order valence-electron chi connectivity index (χ2n) is 6.63. The number of carbonyl (C=O) groups is 2. The molecule has 0 saturated heterocycles. The molecule has 1 amide bonds. The Morgan fingerprint density at radius 3 is 2.31 bits per heavy atom. The van der Waals surface area contributed by atoms with Gasteiger partial charge < -0.3 is 19.5 Å². The number of methoxy groups -OCH3 is 2. The fourth-order valence-corrected chi connectivity index (χ4v) is 3.16. The third-order valence-electron chi connectivity index (χ3n) is 4.51. The zero-order valence-electron chi connectivity index (χ0n) is 17.6. The molecule has 3 rings (SSSR count). The van der Waals surface area contributed by atoms with Crippen molar-refractivity contribution >= 4 is 40.8 Å². The summed E-state index contributed by atoms with van der Waals surface area (Å²) in [6.07, 6.45) is 1.68. The van der Waals surface area contributed by atoms with E-state index in [-0.39, 0.29) is 0 Å². The van der Waals surface area contributed by atoms with E-state index < -0.39 is 18.5 Å². The third-order valence-corrected chi connectivity index (χ3v) is 4.75. The van der Waals surface area contributed by atoms with Gasteiger partial charge in [-0.05, 0) is 35.9 Å². The standard InChI is InChI=1S/C25H22ClNO5/c1-30-22-11-7-6-10-18(22)14-20(17-8-4-3-5-9-17)25(29)32-16-24(28)27-21-15-19(26)12-13-23(21)31-2/h3-15H,16H2,1-2H3,(H,27,28)/b20-14+. The quantitative estimate of drug-likeness (QED) is 0.294. The second-order valence-corrected chi connectivity index (χ2v) is 7.07. The topological polar surface area (TPSA) is 73.9 Å². The number of hydrogen-bond acceptors (Lipinski definition) is 5. The maximum Gasteiger partial charge on any atom is 0.339 e. The van der Waals surface area contributed by atoms with Gasteiger partial charge in [-0.25, -0.2) is 4.79 Å². The maximum atomic E-state index is 12.9. The molecule has 3 aromatic rings. The highest BCUT2D eigenvalue weighted by atomic mass is 35.5. The molecule has 0 aliphatic heterocycles. The van der Waals surface area contributed by atoms with Crippen LogP contribution in [0.2, 0.25) is 5.02 Å². The lowest BCUT2D eigenvalue weighted by Gasteiger charge is -2.12. The van der Waals surface area contributed by atoms with Gasteiger partial charge in [-0.15, -0.1) is 0 Å². The van der Waals surface area contributed by atoms with Crippen molar-refractivity contribution in [3.8, 4) is 11.5 Å². The highest BCUT2D eigenvalue weighted by Crippen LogP contribution is 2.28. The number of amides is 1. The number of para-hydroxylation sites is 1. The first-order valence-electron chi connectivity index (χ1n) is 9.72. The van der Waals surface area contributed by atoms with Crippen LogP contribution >= 0.6 is 11.6 Å². The Morgan fingerprint density at radius 1 is 0.906 bits per heavy atom. The Morgan fingerprint density at radius 2 is 1.59 bits per heavy atom. The van der Waals surface area contributed by atoms with E-state index in [1.807, 2.05) is 36.4 Å². The summed E-state index contributed by atoms with van der Waals surface area (Å²) in [5.74, 6) is -0.117. The maximum absolute atomic E-state index is 12.9. The molecule has 0 aromatic heterocycles. The molecule has 0 fully saturated rings. The molecule has 0 radical (unpaired) electrons. The highest BCUT2D eigenvalue weighted by molar-refractivity contribution is 6.31. The molecule has 0 saturated carbocycles. The summed E-state index contributed by atoms with van der Waals surface area (Å²) in [7, 11) is 3.04. The average Bonchev–Trinajstić information content (AvgIpc) is 2.82. The van der Waals surface area contributed by atoms with Crippen LogP contribution in [0.25, 0.3) is 11.6 Å². The number of hydrogen-bond donors (Lipinski definition) is 1. The Balaban J connectivity index is 1.78. The molecule has 3 aromatic carbocycles. The molecule has 0 spiro atoms. The molecule has 0 atom stereocenters. The first kappa shape index (κ1) is 22.9. The number of benzene rings is 3. The summed E-state index contributed by atoms with van der Waals surface area (Å²) in [4.78, 5) is 25.3. The lowest BCUT2D eigenvalue weighted by molar-refractivity contribution is -0.141. The van der Waals surface area contributed by atoms with E-state index in [9.17, 15) is 9.59 Å². The van der Waals surface area contributed by atoms with Gasteiger partial charge >= 0.3 is 5.97 Å². The number of esters is 1. The minimum absolute atomic E-state index is 0.295. The number of carbonyl (C=O) groups excluding carboxylic acids is 2. The fourth-order valence-electron chi connectivity index (χ4n) is 2.99. The van der Waals surface area contributed by atoms with Crippen LogP contribution < -0.4 is 14.8 Å². The first-order valence-corrected chi connectivity index (χ1v) is 10.1. The van der Waals surface area contributed by atoms with Crippen molar-refractivity contribution in [3.05, 3.63) is 88.9 Å². The smallest absolute Gasteiger partial charge is 0.339 e. The Bertz CT molecular complexity index is 1130. The Kier molecular flexibility index (Phi) is 7.89.